The highest BCUT2D eigenvalue weighted by Gasteiger charge is 2.39. The molecule has 2 N–H and O–H groups in total. The third-order valence-electron chi connectivity index (χ3n) is 5.34. The first-order valence-electron chi connectivity index (χ1n) is 9.72. The van der Waals surface area contributed by atoms with Crippen LogP contribution in [0.2, 0.25) is 5.02 Å². The normalized spacial score (nSPS) is 24.6. The van der Waals surface area contributed by atoms with Crippen molar-refractivity contribution >= 4 is 17.6 Å². The van der Waals surface area contributed by atoms with E-state index in [1.165, 1.54) is 5.56 Å². The van der Waals surface area contributed by atoms with Crippen LogP contribution in [0.25, 0.3) is 0 Å². The number of nitrogens with one attached hydrogen (secondary N) is 2. The van der Waals surface area contributed by atoms with E-state index in [0.29, 0.717) is 23.9 Å². The monoisotopic (exact) mass is 386 g/mol. The Bertz CT molecular complexity index is 843. The minimum atomic E-state index is 0.314. The SMILES string of the molecule is CN=C(NC1CCc2nc(C(C)C)nn2C1)NC1CC1c1cccc(Cl)c1. The number of aliphatic imine (C=N–C) groups is 1. The van der Waals surface area contributed by atoms with Gasteiger partial charge in [-0.25, -0.2) is 9.67 Å². The summed E-state index contributed by atoms with van der Waals surface area (Å²) in [6.07, 6.45) is 3.10. The predicted molar refractivity (Wildman–Crippen MR) is 108 cm³/mol. The molecule has 0 spiro atoms. The van der Waals surface area contributed by atoms with Crippen LogP contribution in [0.4, 0.5) is 0 Å². The van der Waals surface area contributed by atoms with Gasteiger partial charge in [-0.05, 0) is 30.5 Å². The van der Waals surface area contributed by atoms with E-state index in [9.17, 15) is 0 Å². The van der Waals surface area contributed by atoms with E-state index >= 15 is 0 Å². The van der Waals surface area contributed by atoms with Crippen LogP contribution in [0.3, 0.4) is 0 Å². The van der Waals surface area contributed by atoms with Gasteiger partial charge in [0.15, 0.2) is 11.8 Å². The second kappa shape index (κ2) is 7.50. The Morgan fingerprint density at radius 3 is 2.93 bits per heavy atom. The number of halogens is 1. The van der Waals surface area contributed by atoms with Gasteiger partial charge in [0.2, 0.25) is 0 Å². The zero-order valence-corrected chi connectivity index (χ0v) is 16.9. The maximum atomic E-state index is 6.12. The number of benzene rings is 1. The summed E-state index contributed by atoms with van der Waals surface area (Å²) in [6.45, 7) is 5.10. The Kier molecular flexibility index (Phi) is 5.08. The molecular formula is C20H27ClN6. The molecule has 1 aliphatic carbocycles. The van der Waals surface area contributed by atoms with Crippen molar-refractivity contribution in [1.29, 1.82) is 0 Å². The maximum absolute atomic E-state index is 6.12. The first-order chi connectivity index (χ1) is 13.0. The lowest BCUT2D eigenvalue weighted by Crippen LogP contribution is -2.47. The second-order valence-corrected chi connectivity index (χ2v) is 8.26. The number of guanidine groups is 1. The van der Waals surface area contributed by atoms with Gasteiger partial charge >= 0.3 is 0 Å². The number of aromatic nitrogens is 3. The van der Waals surface area contributed by atoms with Crippen LogP contribution >= 0.6 is 11.6 Å². The van der Waals surface area contributed by atoms with Crippen molar-refractivity contribution in [2.45, 2.75) is 63.6 Å². The summed E-state index contributed by atoms with van der Waals surface area (Å²) in [5.74, 6) is 3.77. The smallest absolute Gasteiger partial charge is 0.191 e. The fraction of sp³-hybridized carbons (Fsp3) is 0.550. The van der Waals surface area contributed by atoms with E-state index in [2.05, 4.69) is 56.4 Å². The Morgan fingerprint density at radius 1 is 1.33 bits per heavy atom. The van der Waals surface area contributed by atoms with E-state index in [4.69, 9.17) is 11.6 Å². The summed E-state index contributed by atoms with van der Waals surface area (Å²) in [5, 5.41) is 12.6. The van der Waals surface area contributed by atoms with Crippen LogP contribution in [0, 0.1) is 0 Å². The molecule has 4 rings (SSSR count). The van der Waals surface area contributed by atoms with Crippen molar-refractivity contribution in [3.63, 3.8) is 0 Å². The highest BCUT2D eigenvalue weighted by atomic mass is 35.5. The van der Waals surface area contributed by atoms with Gasteiger partial charge in [0.25, 0.3) is 0 Å². The average molecular weight is 387 g/mol. The highest BCUT2D eigenvalue weighted by Crippen LogP contribution is 2.41. The minimum absolute atomic E-state index is 0.314. The number of hydrogen-bond acceptors (Lipinski definition) is 3. The molecule has 144 valence electrons. The Balaban J connectivity index is 1.34. The van der Waals surface area contributed by atoms with Gasteiger partial charge < -0.3 is 10.6 Å². The first kappa shape index (κ1) is 18.3. The van der Waals surface area contributed by atoms with Gasteiger partial charge in [0, 0.05) is 42.4 Å². The molecule has 27 heavy (non-hydrogen) atoms. The molecule has 1 aromatic heterocycles. The molecule has 0 amide bonds. The van der Waals surface area contributed by atoms with Gasteiger partial charge in [0.05, 0.1) is 6.54 Å². The van der Waals surface area contributed by atoms with Gasteiger partial charge in [-0.3, -0.25) is 4.99 Å². The zero-order chi connectivity index (χ0) is 19.0. The van der Waals surface area contributed by atoms with Crippen molar-refractivity contribution in [3.8, 4) is 0 Å². The van der Waals surface area contributed by atoms with Crippen molar-refractivity contribution in [3.05, 3.63) is 46.5 Å². The lowest BCUT2D eigenvalue weighted by molar-refractivity contribution is 0.391. The van der Waals surface area contributed by atoms with Crippen LogP contribution in [0.15, 0.2) is 29.3 Å². The lowest BCUT2D eigenvalue weighted by atomic mass is 10.1. The highest BCUT2D eigenvalue weighted by molar-refractivity contribution is 6.30. The summed E-state index contributed by atoms with van der Waals surface area (Å²) in [5.41, 5.74) is 1.29. The number of hydrogen-bond donors (Lipinski definition) is 2. The van der Waals surface area contributed by atoms with E-state index in [-0.39, 0.29) is 0 Å². The molecular weight excluding hydrogens is 360 g/mol. The maximum Gasteiger partial charge on any atom is 0.191 e. The number of aryl methyl sites for hydroxylation is 1. The van der Waals surface area contributed by atoms with Crippen LogP contribution in [-0.2, 0) is 13.0 Å². The second-order valence-electron chi connectivity index (χ2n) is 7.82. The lowest BCUT2D eigenvalue weighted by Gasteiger charge is -2.25. The van der Waals surface area contributed by atoms with E-state index in [1.807, 2.05) is 19.2 Å². The minimum Gasteiger partial charge on any atom is -0.353 e. The molecule has 6 nitrogen and oxygen atoms in total. The molecule has 1 saturated carbocycles. The van der Waals surface area contributed by atoms with Crippen LogP contribution < -0.4 is 10.6 Å². The third kappa shape index (κ3) is 4.10. The molecule has 2 aromatic rings. The van der Waals surface area contributed by atoms with Crippen LogP contribution in [0.5, 0.6) is 0 Å². The fourth-order valence-electron chi connectivity index (χ4n) is 3.69. The molecule has 0 radical (unpaired) electrons. The Hall–Kier alpha value is -2.08. The van der Waals surface area contributed by atoms with E-state index < -0.39 is 0 Å². The molecule has 1 fully saturated rings. The van der Waals surface area contributed by atoms with Gasteiger partial charge in [-0.1, -0.05) is 37.6 Å². The van der Waals surface area contributed by atoms with E-state index in [1.54, 1.807) is 0 Å². The van der Waals surface area contributed by atoms with Crippen LogP contribution in [-0.4, -0.2) is 39.9 Å². The molecule has 2 heterocycles. The van der Waals surface area contributed by atoms with Gasteiger partial charge in [-0.2, -0.15) is 5.10 Å². The zero-order valence-electron chi connectivity index (χ0n) is 16.1. The topological polar surface area (TPSA) is 67.1 Å². The quantitative estimate of drug-likeness (QED) is 0.626. The third-order valence-corrected chi connectivity index (χ3v) is 5.58. The molecule has 3 unspecified atom stereocenters. The first-order valence-corrected chi connectivity index (χ1v) is 10.1. The van der Waals surface area contributed by atoms with Crippen LogP contribution in [0.1, 0.15) is 55.7 Å². The standard InChI is InChI=1S/C20H27ClN6/c1-12(2)19-25-18-8-7-15(11-27(18)26-19)23-20(22-3)24-17-10-16(17)13-5-4-6-14(21)9-13/h4-6,9,12,15-17H,7-8,10-11H2,1-3H3,(H2,22,23,24). The fourth-order valence-corrected chi connectivity index (χ4v) is 3.89. The van der Waals surface area contributed by atoms with Crippen molar-refractivity contribution < 1.29 is 0 Å². The van der Waals surface area contributed by atoms with Crippen molar-refractivity contribution in [2.75, 3.05) is 7.05 Å². The molecule has 7 heteroatoms. The summed E-state index contributed by atoms with van der Waals surface area (Å²) in [6, 6.07) is 8.87. The van der Waals surface area contributed by atoms with Crippen molar-refractivity contribution in [1.82, 2.24) is 25.4 Å². The van der Waals surface area contributed by atoms with Gasteiger partial charge in [-0.15, -0.1) is 0 Å². The summed E-state index contributed by atoms with van der Waals surface area (Å²) in [7, 11) is 1.83. The molecule has 1 aromatic carbocycles. The number of nitrogens with zero attached hydrogens (tertiary/aromatic N) is 4. The molecule has 3 atom stereocenters. The molecule has 0 saturated heterocycles. The van der Waals surface area contributed by atoms with Gasteiger partial charge in [0.1, 0.15) is 5.82 Å². The molecule has 1 aliphatic heterocycles. The summed E-state index contributed by atoms with van der Waals surface area (Å²) in [4.78, 5) is 9.08. The predicted octanol–water partition coefficient (Wildman–Crippen LogP) is 3.09. The number of rotatable bonds is 4. The Morgan fingerprint density at radius 2 is 2.19 bits per heavy atom. The Labute approximate surface area is 165 Å². The largest absolute Gasteiger partial charge is 0.353 e. The molecule has 0 bridgehead atoms. The average Bonchev–Trinajstić information content (AvgIpc) is 3.28. The summed E-state index contributed by atoms with van der Waals surface area (Å²) < 4.78 is 2.05. The number of fused-ring (bicyclic) bond motifs is 1. The summed E-state index contributed by atoms with van der Waals surface area (Å²) >= 11 is 6.12. The molecule has 2 aliphatic rings. The van der Waals surface area contributed by atoms with E-state index in [0.717, 1.165) is 48.4 Å². The van der Waals surface area contributed by atoms with Crippen molar-refractivity contribution in [2.24, 2.45) is 4.99 Å².